The molecule has 2 rings (SSSR count). The van der Waals surface area contributed by atoms with Crippen molar-refractivity contribution in [1.29, 1.82) is 0 Å². The third-order valence-corrected chi connectivity index (χ3v) is 4.10. The highest BCUT2D eigenvalue weighted by molar-refractivity contribution is 7.15. The number of nitrogens with two attached hydrogens (primary N) is 1. The van der Waals surface area contributed by atoms with E-state index < -0.39 is 0 Å². The fraction of sp³-hybridized carbons (Fsp3) is 0.667. The molecule has 0 aliphatic carbocycles. The van der Waals surface area contributed by atoms with E-state index in [0.29, 0.717) is 11.7 Å². The van der Waals surface area contributed by atoms with E-state index in [-0.39, 0.29) is 11.9 Å². The molecule has 0 aromatic carbocycles. The van der Waals surface area contributed by atoms with E-state index >= 15 is 0 Å². The predicted molar refractivity (Wildman–Crippen MR) is 74.6 cm³/mol. The van der Waals surface area contributed by atoms with Gasteiger partial charge in [-0.1, -0.05) is 11.3 Å². The van der Waals surface area contributed by atoms with E-state index in [9.17, 15) is 4.79 Å². The Balaban J connectivity index is 1.88. The lowest BCUT2D eigenvalue weighted by Crippen LogP contribution is -2.38. The first-order valence-electron chi connectivity index (χ1n) is 6.53. The van der Waals surface area contributed by atoms with Gasteiger partial charge in [0.25, 0.3) is 0 Å². The molecule has 3 N–H and O–H groups in total. The summed E-state index contributed by atoms with van der Waals surface area (Å²) in [6.07, 6.45) is 3.78. The number of hydrogen-bond acceptors (Lipinski definition) is 7. The number of esters is 1. The summed E-state index contributed by atoms with van der Waals surface area (Å²) < 4.78 is 5.10. The van der Waals surface area contributed by atoms with Crippen molar-refractivity contribution in [1.82, 2.24) is 9.88 Å². The summed E-state index contributed by atoms with van der Waals surface area (Å²) in [6.45, 7) is 4.89. The number of carbonyl (C=O) groups excluding carboxylic acids is 1. The van der Waals surface area contributed by atoms with Crippen LogP contribution in [0, 0.1) is 5.92 Å². The van der Waals surface area contributed by atoms with E-state index in [1.54, 1.807) is 11.3 Å². The van der Waals surface area contributed by atoms with Gasteiger partial charge < -0.3 is 4.74 Å². The van der Waals surface area contributed by atoms with Crippen molar-refractivity contribution < 1.29 is 9.53 Å². The van der Waals surface area contributed by atoms with Gasteiger partial charge in [-0.2, -0.15) is 0 Å². The Bertz CT molecular complexity index is 424. The number of nitrogen functional groups attached to an aromatic ring is 1. The zero-order valence-corrected chi connectivity index (χ0v) is 11.9. The third-order valence-electron chi connectivity index (χ3n) is 3.18. The van der Waals surface area contributed by atoms with Crippen LogP contribution in [0.1, 0.15) is 24.6 Å². The number of likely N-dealkylation sites (tertiary alicyclic amines) is 1. The Labute approximate surface area is 116 Å². The number of anilines is 1. The van der Waals surface area contributed by atoms with Crippen molar-refractivity contribution in [2.24, 2.45) is 11.8 Å². The number of thiazole rings is 1. The Hall–Kier alpha value is -1.18. The van der Waals surface area contributed by atoms with Crippen molar-refractivity contribution in [2.75, 3.05) is 25.1 Å². The first-order valence-corrected chi connectivity index (χ1v) is 7.35. The molecule has 0 saturated carbocycles. The molecular weight excluding hydrogens is 264 g/mol. The molecule has 7 heteroatoms. The second kappa shape index (κ2) is 6.83. The normalized spacial score (nSPS) is 20.2. The van der Waals surface area contributed by atoms with E-state index in [2.05, 4.69) is 15.3 Å². The van der Waals surface area contributed by atoms with Crippen LogP contribution in [0.3, 0.4) is 0 Å². The number of ether oxygens (including phenoxy) is 1. The van der Waals surface area contributed by atoms with Gasteiger partial charge in [0.15, 0.2) is 5.13 Å². The van der Waals surface area contributed by atoms with Crippen molar-refractivity contribution in [3.8, 4) is 0 Å². The smallest absolute Gasteiger partial charge is 0.310 e. The lowest BCUT2D eigenvalue weighted by Gasteiger charge is -2.30. The molecule has 1 atom stereocenters. The van der Waals surface area contributed by atoms with Crippen LogP contribution in [0.5, 0.6) is 0 Å². The van der Waals surface area contributed by atoms with Crippen LogP contribution in [0.15, 0.2) is 6.20 Å². The molecule has 1 unspecified atom stereocenters. The van der Waals surface area contributed by atoms with Crippen LogP contribution in [0.2, 0.25) is 0 Å². The Morgan fingerprint density at radius 3 is 3.26 bits per heavy atom. The van der Waals surface area contributed by atoms with Gasteiger partial charge in [-0.3, -0.25) is 15.1 Å². The number of hydrogen-bond donors (Lipinski definition) is 2. The minimum Gasteiger partial charge on any atom is -0.466 e. The lowest BCUT2D eigenvalue weighted by atomic mass is 9.98. The van der Waals surface area contributed by atoms with Gasteiger partial charge in [0.05, 0.1) is 12.5 Å². The number of rotatable bonds is 5. The van der Waals surface area contributed by atoms with Crippen molar-refractivity contribution in [3.05, 3.63) is 11.1 Å². The highest BCUT2D eigenvalue weighted by atomic mass is 32.1. The van der Waals surface area contributed by atoms with Gasteiger partial charge >= 0.3 is 5.97 Å². The molecule has 1 aromatic rings. The van der Waals surface area contributed by atoms with Crippen LogP contribution in [-0.2, 0) is 16.1 Å². The topological polar surface area (TPSA) is 80.5 Å². The monoisotopic (exact) mass is 284 g/mol. The molecule has 0 bridgehead atoms. The molecule has 1 fully saturated rings. The molecule has 19 heavy (non-hydrogen) atoms. The van der Waals surface area contributed by atoms with E-state index in [1.807, 2.05) is 13.1 Å². The van der Waals surface area contributed by atoms with Crippen molar-refractivity contribution in [2.45, 2.75) is 26.3 Å². The molecule has 2 heterocycles. The summed E-state index contributed by atoms with van der Waals surface area (Å²) in [5, 5.41) is 0.717. The summed E-state index contributed by atoms with van der Waals surface area (Å²) in [5.41, 5.74) is 2.54. The number of nitrogens with zero attached hydrogens (tertiary/aromatic N) is 2. The molecule has 106 valence electrons. The molecule has 0 amide bonds. The van der Waals surface area contributed by atoms with Crippen molar-refractivity contribution in [3.63, 3.8) is 0 Å². The minimum absolute atomic E-state index is 0.00808. The SMILES string of the molecule is CCOC(=O)C1CCCN(Cc2cnc(NN)s2)C1. The number of nitrogens with one attached hydrogen (secondary N) is 1. The van der Waals surface area contributed by atoms with Gasteiger partial charge in [0, 0.05) is 24.2 Å². The van der Waals surface area contributed by atoms with Gasteiger partial charge in [-0.15, -0.1) is 0 Å². The first kappa shape index (κ1) is 14.2. The summed E-state index contributed by atoms with van der Waals surface area (Å²) in [6, 6.07) is 0. The molecule has 1 aliphatic heterocycles. The maximum Gasteiger partial charge on any atom is 0.310 e. The molecule has 6 nitrogen and oxygen atoms in total. The van der Waals surface area contributed by atoms with E-state index in [1.165, 1.54) is 0 Å². The summed E-state index contributed by atoms with van der Waals surface area (Å²) in [5.74, 6) is 5.25. The summed E-state index contributed by atoms with van der Waals surface area (Å²) >= 11 is 1.54. The lowest BCUT2D eigenvalue weighted by molar-refractivity contribution is -0.150. The predicted octanol–water partition coefficient (Wildman–Crippen LogP) is 1.20. The Kier molecular flexibility index (Phi) is 5.12. The van der Waals surface area contributed by atoms with Gasteiger partial charge in [0.1, 0.15) is 0 Å². The van der Waals surface area contributed by atoms with Crippen LogP contribution in [0.25, 0.3) is 0 Å². The number of piperidine rings is 1. The number of hydrazine groups is 1. The highest BCUT2D eigenvalue weighted by Gasteiger charge is 2.26. The quantitative estimate of drug-likeness (QED) is 0.480. The Morgan fingerprint density at radius 1 is 1.74 bits per heavy atom. The summed E-state index contributed by atoms with van der Waals surface area (Å²) in [7, 11) is 0. The average Bonchev–Trinajstić information content (AvgIpc) is 2.87. The van der Waals surface area contributed by atoms with Gasteiger partial charge in [0.2, 0.25) is 0 Å². The molecule has 1 aliphatic rings. The highest BCUT2D eigenvalue weighted by Crippen LogP contribution is 2.23. The van der Waals surface area contributed by atoms with Crippen LogP contribution < -0.4 is 11.3 Å². The third kappa shape index (κ3) is 3.89. The second-order valence-corrected chi connectivity index (χ2v) is 5.72. The molecule has 1 aromatic heterocycles. The van der Waals surface area contributed by atoms with Crippen LogP contribution >= 0.6 is 11.3 Å². The van der Waals surface area contributed by atoms with Gasteiger partial charge in [-0.05, 0) is 26.3 Å². The fourth-order valence-corrected chi connectivity index (χ4v) is 3.08. The van der Waals surface area contributed by atoms with Gasteiger partial charge in [-0.25, -0.2) is 10.8 Å². The van der Waals surface area contributed by atoms with Crippen LogP contribution in [-0.4, -0.2) is 35.5 Å². The fourth-order valence-electron chi connectivity index (χ4n) is 2.32. The second-order valence-electron chi connectivity index (χ2n) is 4.60. The molecule has 0 spiro atoms. The maximum absolute atomic E-state index is 11.8. The largest absolute Gasteiger partial charge is 0.466 e. The standard InChI is InChI=1S/C12H20N4O2S/c1-2-18-11(17)9-4-3-5-16(7-9)8-10-6-14-12(15-13)19-10/h6,9H,2-5,7-8,13H2,1H3,(H,14,15). The molecule has 1 saturated heterocycles. The zero-order valence-electron chi connectivity index (χ0n) is 11.1. The van der Waals surface area contributed by atoms with E-state index in [4.69, 9.17) is 10.6 Å². The molecular formula is C12H20N4O2S. The van der Waals surface area contributed by atoms with Crippen LogP contribution in [0.4, 0.5) is 5.13 Å². The first-order chi connectivity index (χ1) is 9.22. The molecule has 0 radical (unpaired) electrons. The summed E-state index contributed by atoms with van der Waals surface area (Å²) in [4.78, 5) is 19.3. The zero-order chi connectivity index (χ0) is 13.7. The maximum atomic E-state index is 11.8. The number of aromatic nitrogens is 1. The van der Waals surface area contributed by atoms with E-state index in [0.717, 1.165) is 37.4 Å². The van der Waals surface area contributed by atoms with Crippen molar-refractivity contribution >= 4 is 22.4 Å². The average molecular weight is 284 g/mol. The number of carbonyl (C=O) groups is 1. The Morgan fingerprint density at radius 2 is 2.58 bits per heavy atom. The minimum atomic E-state index is -0.0687.